The summed E-state index contributed by atoms with van der Waals surface area (Å²) in [6.07, 6.45) is 0.740. The molecule has 6 nitrogen and oxygen atoms in total. The van der Waals surface area contributed by atoms with Gasteiger partial charge in [-0.2, -0.15) is 0 Å². The van der Waals surface area contributed by atoms with E-state index in [0.717, 1.165) is 34.4 Å². The average molecular weight is 366 g/mol. The van der Waals surface area contributed by atoms with Crippen LogP contribution >= 0.6 is 0 Å². The Morgan fingerprint density at radius 2 is 1.74 bits per heavy atom. The van der Waals surface area contributed by atoms with Gasteiger partial charge in [-0.3, -0.25) is 0 Å². The summed E-state index contributed by atoms with van der Waals surface area (Å²) in [6, 6.07) is 9.64. The van der Waals surface area contributed by atoms with Gasteiger partial charge < -0.3 is 23.7 Å². The molecule has 1 aliphatic carbocycles. The zero-order chi connectivity index (χ0) is 18.5. The highest BCUT2D eigenvalue weighted by molar-refractivity contribution is 6.05. The molecule has 5 rings (SSSR count). The van der Waals surface area contributed by atoms with Crippen LogP contribution in [0.4, 0.5) is 0 Å². The van der Waals surface area contributed by atoms with Gasteiger partial charge in [0.25, 0.3) is 0 Å². The molecule has 0 spiro atoms. The number of fused-ring (bicyclic) bond motifs is 3. The Balaban J connectivity index is 1.75. The maximum atomic E-state index is 12.5. The number of hydrogen-bond donors (Lipinski definition) is 0. The highest BCUT2D eigenvalue weighted by Gasteiger charge is 2.39. The molecule has 0 saturated carbocycles. The molecule has 1 saturated heterocycles. The number of hydrogen-bond acceptors (Lipinski definition) is 6. The molecule has 2 aromatic carbocycles. The van der Waals surface area contributed by atoms with Crippen molar-refractivity contribution in [3.63, 3.8) is 0 Å². The number of esters is 1. The van der Waals surface area contributed by atoms with Crippen molar-refractivity contribution in [1.82, 2.24) is 0 Å². The molecule has 1 unspecified atom stereocenters. The van der Waals surface area contributed by atoms with E-state index in [-0.39, 0.29) is 18.7 Å². The molecule has 0 bridgehead atoms. The third-order valence-corrected chi connectivity index (χ3v) is 5.32. The van der Waals surface area contributed by atoms with Crippen molar-refractivity contribution in [2.24, 2.45) is 5.92 Å². The van der Waals surface area contributed by atoms with Crippen LogP contribution in [0.2, 0.25) is 0 Å². The Kier molecular flexibility index (Phi) is 3.53. The fourth-order valence-corrected chi connectivity index (χ4v) is 4.07. The Bertz CT molecular complexity index is 990. The normalized spacial score (nSPS) is 19.5. The second-order valence-electron chi connectivity index (χ2n) is 6.72. The fourth-order valence-electron chi connectivity index (χ4n) is 4.07. The van der Waals surface area contributed by atoms with E-state index in [4.69, 9.17) is 23.7 Å². The van der Waals surface area contributed by atoms with Crippen LogP contribution in [0, 0.1) is 5.92 Å². The summed E-state index contributed by atoms with van der Waals surface area (Å²) >= 11 is 0. The SMILES string of the molecule is COc1ccc(C2=C3C(=O)OCC3Cc3cc4c(cc32)OCO4)cc1OC. The van der Waals surface area contributed by atoms with E-state index >= 15 is 0 Å². The summed E-state index contributed by atoms with van der Waals surface area (Å²) in [7, 11) is 3.19. The molecular formula is C21H18O6. The molecule has 2 aromatic rings. The quantitative estimate of drug-likeness (QED) is 0.779. The summed E-state index contributed by atoms with van der Waals surface area (Å²) in [5.74, 6) is 2.46. The van der Waals surface area contributed by atoms with Crippen molar-refractivity contribution < 1.29 is 28.5 Å². The Labute approximate surface area is 156 Å². The fraction of sp³-hybridized carbons (Fsp3) is 0.286. The van der Waals surface area contributed by atoms with Crippen molar-refractivity contribution >= 4 is 11.5 Å². The Hall–Kier alpha value is -3.15. The van der Waals surface area contributed by atoms with E-state index in [1.807, 2.05) is 30.3 Å². The lowest BCUT2D eigenvalue weighted by Crippen LogP contribution is -2.17. The molecule has 0 amide bonds. The van der Waals surface area contributed by atoms with Crippen LogP contribution in [-0.2, 0) is 16.0 Å². The highest BCUT2D eigenvalue weighted by Crippen LogP contribution is 2.47. The lowest BCUT2D eigenvalue weighted by Gasteiger charge is -2.25. The van der Waals surface area contributed by atoms with Crippen molar-refractivity contribution in [3.05, 3.63) is 52.6 Å². The van der Waals surface area contributed by atoms with Gasteiger partial charge in [0.05, 0.1) is 26.4 Å². The van der Waals surface area contributed by atoms with Crippen LogP contribution in [0.25, 0.3) is 5.57 Å². The first kappa shape index (κ1) is 16.1. The van der Waals surface area contributed by atoms with Gasteiger partial charge in [-0.15, -0.1) is 0 Å². The van der Waals surface area contributed by atoms with Crippen LogP contribution in [0.1, 0.15) is 16.7 Å². The van der Waals surface area contributed by atoms with Crippen molar-refractivity contribution in [2.45, 2.75) is 6.42 Å². The minimum absolute atomic E-state index is 0.0356. The van der Waals surface area contributed by atoms with Crippen LogP contribution < -0.4 is 18.9 Å². The van der Waals surface area contributed by atoms with Crippen LogP contribution in [0.3, 0.4) is 0 Å². The first-order chi connectivity index (χ1) is 13.2. The zero-order valence-corrected chi connectivity index (χ0v) is 15.0. The number of benzene rings is 2. The number of cyclic esters (lactones) is 1. The summed E-state index contributed by atoms with van der Waals surface area (Å²) in [5, 5.41) is 0. The molecule has 0 radical (unpaired) electrons. The first-order valence-electron chi connectivity index (χ1n) is 8.76. The van der Waals surface area contributed by atoms with Crippen molar-refractivity contribution in [1.29, 1.82) is 0 Å². The molecule has 0 aromatic heterocycles. The summed E-state index contributed by atoms with van der Waals surface area (Å²) in [4.78, 5) is 12.5. The van der Waals surface area contributed by atoms with E-state index < -0.39 is 0 Å². The minimum atomic E-state index is -0.256. The minimum Gasteiger partial charge on any atom is -0.493 e. The van der Waals surface area contributed by atoms with Gasteiger partial charge in [-0.25, -0.2) is 4.79 Å². The van der Waals surface area contributed by atoms with Gasteiger partial charge in [0.15, 0.2) is 23.0 Å². The zero-order valence-electron chi connectivity index (χ0n) is 15.0. The molecule has 27 heavy (non-hydrogen) atoms. The second-order valence-corrected chi connectivity index (χ2v) is 6.72. The van der Waals surface area contributed by atoms with Crippen molar-refractivity contribution in [3.8, 4) is 23.0 Å². The van der Waals surface area contributed by atoms with Gasteiger partial charge in [-0.05, 0) is 47.4 Å². The van der Waals surface area contributed by atoms with Crippen LogP contribution in [0.5, 0.6) is 23.0 Å². The van der Waals surface area contributed by atoms with Gasteiger partial charge in [0, 0.05) is 11.5 Å². The van der Waals surface area contributed by atoms with Crippen LogP contribution in [0.15, 0.2) is 35.9 Å². The molecule has 6 heteroatoms. The third-order valence-electron chi connectivity index (χ3n) is 5.32. The van der Waals surface area contributed by atoms with Crippen LogP contribution in [-0.4, -0.2) is 33.6 Å². The standard InChI is InChI=1S/C21H18O6/c1-23-15-4-3-11(6-16(15)24-2)19-14-8-18-17(26-10-27-18)7-12(14)5-13-9-25-21(22)20(13)19/h3-4,6-8,13H,5,9-10H2,1-2H3. The number of ether oxygens (including phenoxy) is 5. The predicted molar refractivity (Wildman–Crippen MR) is 96.3 cm³/mol. The maximum absolute atomic E-state index is 12.5. The Morgan fingerprint density at radius 1 is 0.963 bits per heavy atom. The monoisotopic (exact) mass is 366 g/mol. The summed E-state index contributed by atoms with van der Waals surface area (Å²) in [6.45, 7) is 0.616. The van der Waals surface area contributed by atoms with E-state index in [1.165, 1.54) is 0 Å². The molecular weight excluding hydrogens is 348 g/mol. The largest absolute Gasteiger partial charge is 0.493 e. The lowest BCUT2D eigenvalue weighted by molar-refractivity contribution is -0.135. The first-order valence-corrected chi connectivity index (χ1v) is 8.76. The Morgan fingerprint density at radius 3 is 2.52 bits per heavy atom. The van der Waals surface area contributed by atoms with Gasteiger partial charge in [-0.1, -0.05) is 6.07 Å². The van der Waals surface area contributed by atoms with Crippen molar-refractivity contribution in [2.75, 3.05) is 27.6 Å². The molecule has 0 N–H and O–H groups in total. The average Bonchev–Trinajstić information content (AvgIpc) is 3.30. The molecule has 2 heterocycles. The molecule has 2 aliphatic heterocycles. The lowest BCUT2D eigenvalue weighted by atomic mass is 9.77. The smallest absolute Gasteiger partial charge is 0.335 e. The number of carbonyl (C=O) groups is 1. The summed E-state index contributed by atoms with van der Waals surface area (Å²) < 4.78 is 27.3. The molecule has 3 aliphatic rings. The van der Waals surface area contributed by atoms with Gasteiger partial charge in [0.2, 0.25) is 6.79 Å². The highest BCUT2D eigenvalue weighted by atomic mass is 16.7. The topological polar surface area (TPSA) is 63.2 Å². The second kappa shape index (κ2) is 5.94. The van der Waals surface area contributed by atoms with E-state index in [2.05, 4.69) is 0 Å². The van der Waals surface area contributed by atoms with E-state index in [1.54, 1.807) is 14.2 Å². The number of methoxy groups -OCH3 is 2. The molecule has 138 valence electrons. The number of rotatable bonds is 3. The summed E-state index contributed by atoms with van der Waals surface area (Å²) in [5.41, 5.74) is 4.55. The molecule has 1 fully saturated rings. The molecule has 1 atom stereocenters. The van der Waals surface area contributed by atoms with Gasteiger partial charge in [0.1, 0.15) is 0 Å². The number of carbonyl (C=O) groups excluding carboxylic acids is 1. The van der Waals surface area contributed by atoms with E-state index in [9.17, 15) is 4.79 Å². The maximum Gasteiger partial charge on any atom is 0.335 e. The predicted octanol–water partition coefficient (Wildman–Crippen LogP) is 2.96. The third kappa shape index (κ3) is 2.36. The van der Waals surface area contributed by atoms with E-state index in [0.29, 0.717) is 29.4 Å². The van der Waals surface area contributed by atoms with Gasteiger partial charge >= 0.3 is 5.97 Å².